The molecule has 0 N–H and O–H groups in total. The summed E-state index contributed by atoms with van der Waals surface area (Å²) in [6, 6.07) is 18.4. The van der Waals surface area contributed by atoms with Gasteiger partial charge in [-0.3, -0.25) is 4.57 Å². The molecule has 0 aliphatic heterocycles. The Labute approximate surface area is 146 Å². The van der Waals surface area contributed by atoms with Crippen LogP contribution in [0.25, 0.3) is 5.69 Å². The third kappa shape index (κ3) is 4.18. The number of benzene rings is 2. The van der Waals surface area contributed by atoms with E-state index in [0.29, 0.717) is 0 Å². The van der Waals surface area contributed by atoms with E-state index in [0.717, 1.165) is 21.7 Å². The van der Waals surface area contributed by atoms with E-state index in [4.69, 9.17) is 0 Å². The van der Waals surface area contributed by atoms with E-state index in [1.807, 2.05) is 30.3 Å². The summed E-state index contributed by atoms with van der Waals surface area (Å²) in [5.41, 5.74) is 4.53. The molecule has 0 saturated carbocycles. The molecular formula is C18H18ClN3S. The maximum Gasteiger partial charge on any atom is 0.215 e. The zero-order chi connectivity index (χ0) is 15.4. The van der Waals surface area contributed by atoms with Crippen LogP contribution in [0.3, 0.4) is 0 Å². The molecule has 0 fully saturated rings. The van der Waals surface area contributed by atoms with Gasteiger partial charge in [0.25, 0.3) is 0 Å². The number of rotatable bonds is 3. The van der Waals surface area contributed by atoms with Crippen LogP contribution < -0.4 is 4.80 Å². The summed E-state index contributed by atoms with van der Waals surface area (Å²) < 4.78 is 2.11. The Morgan fingerprint density at radius 2 is 1.78 bits per heavy atom. The maximum absolute atomic E-state index is 4.38. The van der Waals surface area contributed by atoms with Gasteiger partial charge in [-0.15, -0.1) is 28.8 Å². The van der Waals surface area contributed by atoms with Crippen molar-refractivity contribution in [2.75, 3.05) is 0 Å². The molecular weight excluding hydrogens is 326 g/mol. The molecule has 0 atom stereocenters. The smallest absolute Gasteiger partial charge is 0.215 e. The number of para-hydroxylation sites is 1. The first-order valence-electron chi connectivity index (χ1n) is 7.10. The molecule has 2 aromatic carbocycles. The molecule has 0 bridgehead atoms. The highest BCUT2D eigenvalue weighted by Gasteiger charge is 2.02. The lowest BCUT2D eigenvalue weighted by atomic mass is 10.2. The van der Waals surface area contributed by atoms with Crippen LogP contribution in [0.1, 0.15) is 16.8 Å². The highest BCUT2D eigenvalue weighted by atomic mass is 35.5. The highest BCUT2D eigenvalue weighted by molar-refractivity contribution is 7.07. The Kier molecular flexibility index (Phi) is 5.90. The number of thiazole rings is 1. The Hall–Kier alpha value is -2.17. The van der Waals surface area contributed by atoms with Gasteiger partial charge in [0.2, 0.25) is 4.80 Å². The summed E-state index contributed by atoms with van der Waals surface area (Å²) in [5, 5.41) is 10.7. The van der Waals surface area contributed by atoms with Crippen LogP contribution in [0.5, 0.6) is 0 Å². The first-order valence-corrected chi connectivity index (χ1v) is 7.98. The minimum Gasteiger partial charge on any atom is -0.288 e. The lowest BCUT2D eigenvalue weighted by molar-refractivity contribution is 0.927. The monoisotopic (exact) mass is 343 g/mol. The van der Waals surface area contributed by atoms with Gasteiger partial charge in [-0.2, -0.15) is 5.10 Å². The molecule has 0 saturated heterocycles. The average molecular weight is 344 g/mol. The van der Waals surface area contributed by atoms with Crippen LogP contribution in [0.4, 0.5) is 0 Å². The van der Waals surface area contributed by atoms with E-state index in [1.54, 1.807) is 17.6 Å². The van der Waals surface area contributed by atoms with Gasteiger partial charge in [-0.1, -0.05) is 48.0 Å². The summed E-state index contributed by atoms with van der Waals surface area (Å²) >= 11 is 1.59. The summed E-state index contributed by atoms with van der Waals surface area (Å²) in [5.74, 6) is 0. The minimum atomic E-state index is 0. The van der Waals surface area contributed by atoms with Crippen LogP contribution in [0.2, 0.25) is 0 Å². The summed E-state index contributed by atoms with van der Waals surface area (Å²) in [7, 11) is 0. The molecule has 0 aliphatic rings. The van der Waals surface area contributed by atoms with Gasteiger partial charge in [0, 0.05) is 16.8 Å². The average Bonchev–Trinajstić information content (AvgIpc) is 2.89. The molecule has 3 aromatic rings. The normalized spacial score (nSPS) is 11.7. The molecule has 1 aromatic heterocycles. The number of hydrogen-bond acceptors (Lipinski definition) is 3. The zero-order valence-electron chi connectivity index (χ0n) is 13.0. The number of nitrogens with zero attached hydrogens (tertiary/aromatic N) is 3. The standard InChI is InChI=1S/C18H17N3S.ClH/c1-14-7-6-8-16(11-14)12-19-20-18-21(15(2)13-22-18)17-9-4-3-5-10-17;/h3-13H,1-2H3;1H/b19-12+,20-18+;. The van der Waals surface area contributed by atoms with Gasteiger partial charge in [-0.25, -0.2) is 0 Å². The van der Waals surface area contributed by atoms with Crippen LogP contribution in [0.15, 0.2) is 70.2 Å². The Morgan fingerprint density at radius 1 is 1.00 bits per heavy atom. The van der Waals surface area contributed by atoms with Crippen molar-refractivity contribution < 1.29 is 0 Å². The van der Waals surface area contributed by atoms with Crippen molar-refractivity contribution in [1.82, 2.24) is 4.57 Å². The van der Waals surface area contributed by atoms with Crippen molar-refractivity contribution in [3.63, 3.8) is 0 Å². The second kappa shape index (κ2) is 7.90. The first kappa shape index (κ1) is 17.2. The summed E-state index contributed by atoms with van der Waals surface area (Å²) in [6.07, 6.45) is 1.79. The first-order chi connectivity index (χ1) is 10.7. The molecule has 0 amide bonds. The topological polar surface area (TPSA) is 29.6 Å². The van der Waals surface area contributed by atoms with E-state index >= 15 is 0 Å². The molecule has 1 heterocycles. The van der Waals surface area contributed by atoms with Crippen molar-refractivity contribution in [1.29, 1.82) is 0 Å². The van der Waals surface area contributed by atoms with Crippen molar-refractivity contribution >= 4 is 30.0 Å². The van der Waals surface area contributed by atoms with Crippen molar-refractivity contribution in [2.45, 2.75) is 13.8 Å². The molecule has 3 nitrogen and oxygen atoms in total. The third-order valence-corrected chi connectivity index (χ3v) is 4.22. The molecule has 118 valence electrons. The van der Waals surface area contributed by atoms with Crippen LogP contribution in [-0.2, 0) is 0 Å². The molecule has 3 rings (SSSR count). The molecule has 0 spiro atoms. The number of hydrogen-bond donors (Lipinski definition) is 0. The van der Waals surface area contributed by atoms with Gasteiger partial charge in [0.05, 0.1) is 6.21 Å². The van der Waals surface area contributed by atoms with Gasteiger partial charge in [0.15, 0.2) is 0 Å². The van der Waals surface area contributed by atoms with Crippen LogP contribution in [0, 0.1) is 13.8 Å². The molecule has 0 unspecified atom stereocenters. The van der Waals surface area contributed by atoms with Gasteiger partial charge < -0.3 is 0 Å². The predicted molar refractivity (Wildman–Crippen MR) is 100.0 cm³/mol. The molecule has 0 aliphatic carbocycles. The second-order valence-corrected chi connectivity index (χ2v) is 5.93. The second-order valence-electron chi connectivity index (χ2n) is 5.09. The number of halogens is 1. The fourth-order valence-electron chi connectivity index (χ4n) is 2.25. The van der Waals surface area contributed by atoms with Crippen LogP contribution in [-0.4, -0.2) is 10.8 Å². The number of aromatic nitrogens is 1. The number of aryl methyl sites for hydroxylation is 2. The zero-order valence-corrected chi connectivity index (χ0v) is 14.6. The predicted octanol–water partition coefficient (Wildman–Crippen LogP) is 4.51. The van der Waals surface area contributed by atoms with Gasteiger partial charge >= 0.3 is 0 Å². The van der Waals surface area contributed by atoms with Crippen molar-refractivity contribution in [3.05, 3.63) is 81.6 Å². The van der Waals surface area contributed by atoms with Gasteiger partial charge in [0.1, 0.15) is 0 Å². The molecule has 0 radical (unpaired) electrons. The van der Waals surface area contributed by atoms with E-state index in [-0.39, 0.29) is 12.4 Å². The molecule has 5 heteroatoms. The van der Waals surface area contributed by atoms with E-state index < -0.39 is 0 Å². The molecule has 23 heavy (non-hydrogen) atoms. The highest BCUT2D eigenvalue weighted by Crippen LogP contribution is 2.10. The lowest BCUT2D eigenvalue weighted by Gasteiger charge is -2.04. The van der Waals surface area contributed by atoms with E-state index in [9.17, 15) is 0 Å². The minimum absolute atomic E-state index is 0. The van der Waals surface area contributed by atoms with Gasteiger partial charge in [-0.05, 0) is 31.5 Å². The van der Waals surface area contributed by atoms with Crippen LogP contribution >= 0.6 is 23.7 Å². The maximum atomic E-state index is 4.38. The lowest BCUT2D eigenvalue weighted by Crippen LogP contribution is -2.13. The van der Waals surface area contributed by atoms with Crippen molar-refractivity contribution in [3.8, 4) is 5.69 Å². The fraction of sp³-hybridized carbons (Fsp3) is 0.111. The Morgan fingerprint density at radius 3 is 2.52 bits per heavy atom. The van der Waals surface area contributed by atoms with Crippen molar-refractivity contribution in [2.24, 2.45) is 10.2 Å². The Balaban J connectivity index is 0.00000192. The quantitative estimate of drug-likeness (QED) is 0.494. The Bertz CT molecular complexity index is 863. The SMILES string of the molecule is Cc1cccc(/C=N/N=c2/scc(C)n2-c2ccccc2)c1.Cl. The third-order valence-electron chi connectivity index (χ3n) is 3.29. The summed E-state index contributed by atoms with van der Waals surface area (Å²) in [6.45, 7) is 4.15. The van der Waals surface area contributed by atoms with E-state index in [2.05, 4.69) is 58.3 Å². The fourth-order valence-corrected chi connectivity index (χ4v) is 3.08. The summed E-state index contributed by atoms with van der Waals surface area (Å²) in [4.78, 5) is 0.868. The van der Waals surface area contributed by atoms with E-state index in [1.165, 1.54) is 5.56 Å². The largest absolute Gasteiger partial charge is 0.288 e.